The van der Waals surface area contributed by atoms with Crippen molar-refractivity contribution in [3.05, 3.63) is 33.8 Å². The molecule has 1 aromatic rings. The van der Waals surface area contributed by atoms with E-state index < -0.39 is 0 Å². The van der Waals surface area contributed by atoms with E-state index in [1.807, 2.05) is 25.1 Å². The number of rotatable bonds is 4. The van der Waals surface area contributed by atoms with E-state index >= 15 is 0 Å². The average Bonchev–Trinajstić information content (AvgIpc) is 2.40. The quantitative estimate of drug-likeness (QED) is 0.690. The van der Waals surface area contributed by atoms with Crippen molar-refractivity contribution in [2.45, 2.75) is 51.9 Å². The highest BCUT2D eigenvalue weighted by Crippen LogP contribution is 2.28. The number of ketones is 1. The van der Waals surface area contributed by atoms with Crippen molar-refractivity contribution in [3.8, 4) is 0 Å². The van der Waals surface area contributed by atoms with Gasteiger partial charge in [0.25, 0.3) is 0 Å². The summed E-state index contributed by atoms with van der Waals surface area (Å²) in [5, 5.41) is 0. The predicted molar refractivity (Wildman–Crippen MR) is 79.0 cm³/mol. The second-order valence-electron chi connectivity index (χ2n) is 5.43. The highest BCUT2D eigenvalue weighted by Gasteiger charge is 2.16. The van der Waals surface area contributed by atoms with Crippen molar-refractivity contribution >= 4 is 21.7 Å². The number of carbonyl (C=O) groups excluding carboxylic acids is 1. The Hall–Kier alpha value is -0.630. The van der Waals surface area contributed by atoms with E-state index in [2.05, 4.69) is 15.9 Å². The summed E-state index contributed by atoms with van der Waals surface area (Å²) in [5.74, 6) is 1.09. The zero-order valence-electron chi connectivity index (χ0n) is 11.0. The van der Waals surface area contributed by atoms with Crippen LogP contribution in [0.5, 0.6) is 0 Å². The molecule has 1 saturated carbocycles. The normalized spacial score (nSPS) is 16.8. The van der Waals surface area contributed by atoms with Gasteiger partial charge >= 0.3 is 0 Å². The van der Waals surface area contributed by atoms with Crippen molar-refractivity contribution < 1.29 is 4.79 Å². The number of halogens is 1. The van der Waals surface area contributed by atoms with E-state index in [4.69, 9.17) is 0 Å². The molecule has 0 bridgehead atoms. The van der Waals surface area contributed by atoms with Crippen LogP contribution in [0.15, 0.2) is 22.7 Å². The Bertz CT molecular complexity index is 419. The highest BCUT2D eigenvalue weighted by molar-refractivity contribution is 9.10. The van der Waals surface area contributed by atoms with E-state index in [0.29, 0.717) is 12.2 Å². The molecule has 1 aromatic carbocycles. The summed E-state index contributed by atoms with van der Waals surface area (Å²) in [4.78, 5) is 12.2. The molecular formula is C16H21BrO. The molecule has 0 aromatic heterocycles. The number of aryl methyl sites for hydroxylation is 1. The fraction of sp³-hybridized carbons (Fsp3) is 0.562. The average molecular weight is 309 g/mol. The zero-order valence-corrected chi connectivity index (χ0v) is 12.6. The molecule has 2 rings (SSSR count). The lowest BCUT2D eigenvalue weighted by atomic mass is 9.85. The van der Waals surface area contributed by atoms with Crippen molar-refractivity contribution in [2.24, 2.45) is 5.92 Å². The number of Topliss-reactive ketones (excluding diaryl/α,β-unsaturated/α-hetero) is 1. The molecule has 0 saturated heterocycles. The summed E-state index contributed by atoms with van der Waals surface area (Å²) < 4.78 is 0.995. The third-order valence-electron chi connectivity index (χ3n) is 4.00. The van der Waals surface area contributed by atoms with Gasteiger partial charge in [0.15, 0.2) is 5.78 Å². The number of hydrogen-bond acceptors (Lipinski definition) is 1. The summed E-state index contributed by atoms with van der Waals surface area (Å²) in [7, 11) is 0. The third-order valence-corrected chi connectivity index (χ3v) is 4.50. The molecule has 0 unspecified atom stereocenters. The third kappa shape index (κ3) is 3.68. The maximum Gasteiger partial charge on any atom is 0.163 e. The van der Waals surface area contributed by atoms with E-state index in [1.54, 1.807) is 0 Å². The van der Waals surface area contributed by atoms with Gasteiger partial charge < -0.3 is 0 Å². The highest BCUT2D eigenvalue weighted by atomic mass is 79.9. The van der Waals surface area contributed by atoms with Gasteiger partial charge in [0.1, 0.15) is 0 Å². The van der Waals surface area contributed by atoms with Crippen molar-refractivity contribution in [1.29, 1.82) is 0 Å². The molecule has 1 aliphatic carbocycles. The first-order chi connectivity index (χ1) is 8.66. The summed E-state index contributed by atoms with van der Waals surface area (Å²) in [6.45, 7) is 2.01. The Morgan fingerprint density at radius 2 is 2.00 bits per heavy atom. The molecule has 0 N–H and O–H groups in total. The van der Waals surface area contributed by atoms with Gasteiger partial charge in [-0.05, 0) is 37.0 Å². The smallest absolute Gasteiger partial charge is 0.163 e. The maximum atomic E-state index is 12.2. The largest absolute Gasteiger partial charge is 0.294 e. The molecule has 18 heavy (non-hydrogen) atoms. The Labute approximate surface area is 118 Å². The number of benzene rings is 1. The SMILES string of the molecule is Cc1ccc(Br)cc1C(=O)CCC1CCCCC1. The molecule has 0 heterocycles. The van der Waals surface area contributed by atoms with Gasteiger partial charge in [0, 0.05) is 16.5 Å². The molecular weight excluding hydrogens is 288 g/mol. The van der Waals surface area contributed by atoms with Crippen LogP contribution in [0.2, 0.25) is 0 Å². The summed E-state index contributed by atoms with van der Waals surface area (Å²) >= 11 is 3.44. The van der Waals surface area contributed by atoms with Gasteiger partial charge in [-0.2, -0.15) is 0 Å². The van der Waals surface area contributed by atoms with Gasteiger partial charge in [0.2, 0.25) is 0 Å². The lowest BCUT2D eigenvalue weighted by molar-refractivity contribution is 0.0969. The minimum absolute atomic E-state index is 0.305. The van der Waals surface area contributed by atoms with Crippen LogP contribution in [0, 0.1) is 12.8 Å². The molecule has 0 spiro atoms. The van der Waals surface area contributed by atoms with Crippen LogP contribution < -0.4 is 0 Å². The number of carbonyl (C=O) groups is 1. The van der Waals surface area contributed by atoms with Gasteiger partial charge in [0.05, 0.1) is 0 Å². The molecule has 2 heteroatoms. The molecule has 1 nitrogen and oxygen atoms in total. The Balaban J connectivity index is 1.92. The van der Waals surface area contributed by atoms with E-state index in [9.17, 15) is 4.79 Å². The second-order valence-corrected chi connectivity index (χ2v) is 6.34. The molecule has 1 fully saturated rings. The van der Waals surface area contributed by atoms with Crippen LogP contribution in [0.4, 0.5) is 0 Å². The fourth-order valence-corrected chi connectivity index (χ4v) is 3.20. The van der Waals surface area contributed by atoms with Crippen molar-refractivity contribution in [3.63, 3.8) is 0 Å². The fourth-order valence-electron chi connectivity index (χ4n) is 2.84. The summed E-state index contributed by atoms with van der Waals surface area (Å²) in [5.41, 5.74) is 1.98. The standard InChI is InChI=1S/C16H21BrO/c1-12-7-9-14(17)11-15(12)16(18)10-8-13-5-3-2-4-6-13/h7,9,11,13H,2-6,8,10H2,1H3. The van der Waals surface area contributed by atoms with Crippen LogP contribution in [0.3, 0.4) is 0 Å². The lowest BCUT2D eigenvalue weighted by Gasteiger charge is -2.21. The first-order valence-corrected chi connectivity index (χ1v) is 7.75. The molecule has 98 valence electrons. The Kier molecular flexibility index (Phi) is 4.99. The molecule has 1 aliphatic rings. The lowest BCUT2D eigenvalue weighted by Crippen LogP contribution is -2.09. The Morgan fingerprint density at radius 3 is 2.72 bits per heavy atom. The predicted octanol–water partition coefficient (Wildman–Crippen LogP) is 5.30. The first-order valence-electron chi connectivity index (χ1n) is 6.96. The van der Waals surface area contributed by atoms with Gasteiger partial charge in [-0.1, -0.05) is 54.1 Å². The topological polar surface area (TPSA) is 17.1 Å². The molecule has 0 amide bonds. The van der Waals surface area contributed by atoms with Crippen molar-refractivity contribution in [1.82, 2.24) is 0 Å². The monoisotopic (exact) mass is 308 g/mol. The van der Waals surface area contributed by atoms with Gasteiger partial charge in [-0.15, -0.1) is 0 Å². The number of hydrogen-bond donors (Lipinski definition) is 0. The molecule has 0 atom stereocenters. The van der Waals surface area contributed by atoms with Crippen LogP contribution in [0.1, 0.15) is 60.9 Å². The summed E-state index contributed by atoms with van der Waals surface area (Å²) in [6.07, 6.45) is 8.53. The first kappa shape index (κ1) is 13.8. The summed E-state index contributed by atoms with van der Waals surface area (Å²) in [6, 6.07) is 5.96. The molecule has 0 radical (unpaired) electrons. The van der Waals surface area contributed by atoms with Gasteiger partial charge in [-0.3, -0.25) is 4.79 Å². The second kappa shape index (κ2) is 6.51. The zero-order chi connectivity index (χ0) is 13.0. The van der Waals surface area contributed by atoms with E-state index in [-0.39, 0.29) is 0 Å². The van der Waals surface area contributed by atoms with Crippen LogP contribution in [-0.2, 0) is 0 Å². The minimum atomic E-state index is 0.305. The minimum Gasteiger partial charge on any atom is -0.294 e. The van der Waals surface area contributed by atoms with Crippen LogP contribution >= 0.6 is 15.9 Å². The van der Waals surface area contributed by atoms with E-state index in [1.165, 1.54) is 32.1 Å². The van der Waals surface area contributed by atoms with Crippen molar-refractivity contribution in [2.75, 3.05) is 0 Å². The van der Waals surface area contributed by atoms with Gasteiger partial charge in [-0.25, -0.2) is 0 Å². The maximum absolute atomic E-state index is 12.2. The Morgan fingerprint density at radius 1 is 1.28 bits per heavy atom. The van der Waals surface area contributed by atoms with Crippen LogP contribution in [0.25, 0.3) is 0 Å². The molecule has 0 aliphatic heterocycles. The van der Waals surface area contributed by atoms with E-state index in [0.717, 1.165) is 27.9 Å². The van der Waals surface area contributed by atoms with Crippen LogP contribution in [-0.4, -0.2) is 5.78 Å².